The van der Waals surface area contributed by atoms with Gasteiger partial charge < -0.3 is 4.74 Å². The number of hydrogen-bond acceptors (Lipinski definition) is 1. The highest BCUT2D eigenvalue weighted by Crippen LogP contribution is 2.36. The van der Waals surface area contributed by atoms with Crippen LogP contribution in [0.4, 0.5) is 0 Å². The number of methoxy groups -OCH3 is 1. The minimum atomic E-state index is 0.0432. The topological polar surface area (TPSA) is 18.0 Å². The van der Waals surface area contributed by atoms with E-state index in [2.05, 4.69) is 137 Å². The van der Waals surface area contributed by atoms with Gasteiger partial charge in [-0.15, -0.1) is 0 Å². The van der Waals surface area contributed by atoms with Crippen LogP contribution >= 0.6 is 0 Å². The van der Waals surface area contributed by atoms with E-state index in [1.807, 2.05) is 12.1 Å². The Morgan fingerprint density at radius 2 is 1.28 bits per heavy atom. The van der Waals surface area contributed by atoms with E-state index in [-0.39, 0.29) is 5.41 Å². The molecule has 0 aliphatic heterocycles. The lowest BCUT2D eigenvalue weighted by atomic mass is 9.86. The second-order valence-electron chi connectivity index (χ2n) is 11.7. The number of imidazole rings is 1. The molecule has 0 amide bonds. The van der Waals surface area contributed by atoms with Crippen LogP contribution in [-0.4, -0.2) is 11.7 Å². The summed E-state index contributed by atoms with van der Waals surface area (Å²) in [5, 5.41) is 0. The van der Waals surface area contributed by atoms with E-state index in [1.165, 1.54) is 44.8 Å². The van der Waals surface area contributed by atoms with Crippen molar-refractivity contribution >= 4 is 0 Å². The fourth-order valence-electron chi connectivity index (χ4n) is 5.15. The molecule has 0 aliphatic carbocycles. The summed E-state index contributed by atoms with van der Waals surface area (Å²) in [5.41, 5.74) is 13.3. The molecule has 3 heteroatoms. The lowest BCUT2D eigenvalue weighted by Crippen LogP contribution is -2.32. The average molecular weight is 516 g/mol. The molecule has 1 aromatic heterocycles. The molecule has 3 nitrogen and oxygen atoms in total. The Bertz CT molecular complexity index is 1630. The number of aromatic nitrogens is 2. The van der Waals surface area contributed by atoms with E-state index < -0.39 is 0 Å². The minimum absolute atomic E-state index is 0.0432. The summed E-state index contributed by atoms with van der Waals surface area (Å²) >= 11 is 0. The number of aryl methyl sites for hydroxylation is 4. The maximum Gasteiger partial charge on any atom is 0.255 e. The number of ether oxygens (including phenoxy) is 1. The van der Waals surface area contributed by atoms with Crippen LogP contribution in [0.25, 0.3) is 33.9 Å². The first-order chi connectivity index (χ1) is 18.6. The van der Waals surface area contributed by atoms with Crippen molar-refractivity contribution in [3.8, 4) is 39.6 Å². The van der Waals surface area contributed by atoms with Gasteiger partial charge in [0.1, 0.15) is 17.1 Å². The molecule has 0 radical (unpaired) electrons. The predicted molar refractivity (Wildman–Crippen MR) is 162 cm³/mol. The van der Waals surface area contributed by atoms with Crippen LogP contribution in [0.1, 0.15) is 48.6 Å². The summed E-state index contributed by atoms with van der Waals surface area (Å²) in [6.07, 6.45) is 2.27. The highest BCUT2D eigenvalue weighted by Gasteiger charge is 2.30. The molecule has 198 valence electrons. The van der Waals surface area contributed by atoms with Crippen LogP contribution in [0.2, 0.25) is 0 Å². The molecule has 39 heavy (non-hydrogen) atoms. The molecule has 0 saturated heterocycles. The molecule has 0 saturated carbocycles. The fraction of sp³-hybridized carbons (Fsp3) is 0.250. The summed E-state index contributed by atoms with van der Waals surface area (Å²) < 4.78 is 10.3. The zero-order valence-electron chi connectivity index (χ0n) is 24.5. The number of rotatable bonds is 5. The van der Waals surface area contributed by atoms with Crippen LogP contribution < -0.4 is 9.30 Å². The molecule has 0 aliphatic rings. The Kier molecular flexibility index (Phi) is 6.94. The van der Waals surface area contributed by atoms with Crippen LogP contribution in [0.15, 0.2) is 91.3 Å². The molecule has 0 spiro atoms. The molecule has 1 heterocycles. The lowest BCUT2D eigenvalue weighted by molar-refractivity contribution is -0.583. The van der Waals surface area contributed by atoms with Gasteiger partial charge in [-0.25, -0.2) is 0 Å². The van der Waals surface area contributed by atoms with Crippen LogP contribution in [0, 0.1) is 27.7 Å². The van der Waals surface area contributed by atoms with Gasteiger partial charge in [-0.05, 0) is 91.8 Å². The largest absolute Gasteiger partial charge is 0.497 e. The first-order valence-electron chi connectivity index (χ1n) is 13.6. The Labute approximate surface area is 233 Å². The van der Waals surface area contributed by atoms with E-state index in [9.17, 15) is 0 Å². The molecule has 0 atom stereocenters. The van der Waals surface area contributed by atoms with Crippen molar-refractivity contribution in [2.75, 3.05) is 7.11 Å². The predicted octanol–water partition coefficient (Wildman–Crippen LogP) is 8.63. The number of nitrogens with zero attached hydrogens (tertiary/aromatic N) is 2. The molecule has 0 bridgehead atoms. The van der Waals surface area contributed by atoms with Gasteiger partial charge in [0, 0.05) is 11.1 Å². The monoisotopic (exact) mass is 515 g/mol. The van der Waals surface area contributed by atoms with Crippen LogP contribution in [0.3, 0.4) is 0 Å². The van der Waals surface area contributed by atoms with E-state index in [0.29, 0.717) is 0 Å². The van der Waals surface area contributed by atoms with E-state index >= 15 is 0 Å². The van der Waals surface area contributed by atoms with Crippen molar-refractivity contribution in [3.05, 3.63) is 119 Å². The SMILES string of the molecule is COc1ccc(-c2c(-c3ccc(C)cc3)[n+](-c3cc(C(C)(C)C)ccc3C)cn2-c2cc(C)ccc2C)cc1. The third-order valence-corrected chi connectivity index (χ3v) is 7.58. The third-order valence-electron chi connectivity index (χ3n) is 7.58. The van der Waals surface area contributed by atoms with Crippen LogP contribution in [0.5, 0.6) is 5.75 Å². The molecular weight excluding hydrogens is 476 g/mol. The van der Waals surface area contributed by atoms with Crippen molar-refractivity contribution < 1.29 is 9.30 Å². The summed E-state index contributed by atoms with van der Waals surface area (Å²) in [5.74, 6) is 0.849. The molecule has 0 fully saturated rings. The highest BCUT2D eigenvalue weighted by atomic mass is 16.5. The van der Waals surface area contributed by atoms with Gasteiger partial charge in [0.2, 0.25) is 0 Å². The van der Waals surface area contributed by atoms with Gasteiger partial charge in [-0.3, -0.25) is 0 Å². The van der Waals surface area contributed by atoms with Crippen LogP contribution in [-0.2, 0) is 5.41 Å². The normalized spacial score (nSPS) is 11.6. The summed E-state index contributed by atoms with van der Waals surface area (Å²) in [6.45, 7) is 15.5. The van der Waals surface area contributed by atoms with Gasteiger partial charge in [0.15, 0.2) is 11.4 Å². The van der Waals surface area contributed by atoms with Crippen molar-refractivity contribution in [2.24, 2.45) is 0 Å². The zero-order valence-corrected chi connectivity index (χ0v) is 24.5. The van der Waals surface area contributed by atoms with Gasteiger partial charge in [0.05, 0.1) is 7.11 Å². The van der Waals surface area contributed by atoms with Gasteiger partial charge in [-0.2, -0.15) is 9.13 Å². The van der Waals surface area contributed by atoms with Crippen molar-refractivity contribution in [3.63, 3.8) is 0 Å². The average Bonchev–Trinajstić information content (AvgIpc) is 3.30. The van der Waals surface area contributed by atoms with Gasteiger partial charge in [0.25, 0.3) is 6.33 Å². The number of benzene rings is 4. The van der Waals surface area contributed by atoms with Gasteiger partial charge >= 0.3 is 0 Å². The van der Waals surface area contributed by atoms with Crippen molar-refractivity contribution in [1.82, 2.24) is 4.57 Å². The summed E-state index contributed by atoms with van der Waals surface area (Å²) in [6, 6.07) is 30.8. The maximum absolute atomic E-state index is 5.51. The summed E-state index contributed by atoms with van der Waals surface area (Å²) in [4.78, 5) is 0. The zero-order chi connectivity index (χ0) is 27.9. The number of hydrogen-bond donors (Lipinski definition) is 0. The highest BCUT2D eigenvalue weighted by molar-refractivity contribution is 5.79. The van der Waals surface area contributed by atoms with Crippen molar-refractivity contribution in [2.45, 2.75) is 53.9 Å². The Morgan fingerprint density at radius 1 is 0.667 bits per heavy atom. The summed E-state index contributed by atoms with van der Waals surface area (Å²) in [7, 11) is 1.71. The smallest absolute Gasteiger partial charge is 0.255 e. The van der Waals surface area contributed by atoms with E-state index in [4.69, 9.17) is 4.74 Å². The first-order valence-corrected chi connectivity index (χ1v) is 13.6. The third kappa shape index (κ3) is 5.14. The molecule has 0 unspecified atom stereocenters. The standard InChI is InChI=1S/C36H39N2O/c1-24-10-14-28(15-11-24)34-35(29-16-19-31(39-8)20-17-29)37(32-21-25(2)9-12-26(32)3)23-38(34)33-22-30(36(5,6)7)18-13-27(33)4/h9-23H,1-8H3/q+1. The van der Waals surface area contributed by atoms with Crippen molar-refractivity contribution in [1.29, 1.82) is 0 Å². The second-order valence-corrected chi connectivity index (χ2v) is 11.7. The molecular formula is C36H39N2O+. The molecule has 5 aromatic rings. The molecule has 5 rings (SSSR count). The second kappa shape index (κ2) is 10.2. The molecule has 4 aromatic carbocycles. The first kappa shape index (κ1) is 26.5. The lowest BCUT2D eigenvalue weighted by Gasteiger charge is -2.20. The van der Waals surface area contributed by atoms with Gasteiger partial charge in [-0.1, -0.05) is 74.9 Å². The Balaban J connectivity index is 1.93. The minimum Gasteiger partial charge on any atom is -0.497 e. The Morgan fingerprint density at radius 3 is 1.92 bits per heavy atom. The maximum atomic E-state index is 5.51. The van der Waals surface area contributed by atoms with E-state index in [1.54, 1.807) is 7.11 Å². The van der Waals surface area contributed by atoms with E-state index in [0.717, 1.165) is 22.7 Å². The fourth-order valence-corrected chi connectivity index (χ4v) is 5.15. The Hall–Kier alpha value is -4.11. The quantitative estimate of drug-likeness (QED) is 0.214. The molecule has 0 N–H and O–H groups in total.